The van der Waals surface area contributed by atoms with Gasteiger partial charge < -0.3 is 20.1 Å². The van der Waals surface area contributed by atoms with Gasteiger partial charge in [-0.2, -0.15) is 0 Å². The summed E-state index contributed by atoms with van der Waals surface area (Å²) in [5, 5.41) is 16.7. The first-order valence-electron chi connectivity index (χ1n) is 11.0. The van der Waals surface area contributed by atoms with Gasteiger partial charge in [-0.05, 0) is 59.2 Å². The van der Waals surface area contributed by atoms with Crippen LogP contribution in [0.2, 0.25) is 0 Å². The van der Waals surface area contributed by atoms with Gasteiger partial charge in [0.15, 0.2) is 0 Å². The summed E-state index contributed by atoms with van der Waals surface area (Å²) in [4.78, 5) is 37.7. The van der Waals surface area contributed by atoms with Crippen LogP contribution in [0.3, 0.4) is 0 Å². The van der Waals surface area contributed by atoms with Gasteiger partial charge in [-0.1, -0.05) is 0 Å². The summed E-state index contributed by atoms with van der Waals surface area (Å²) in [5.74, 6) is 0.0548. The first kappa shape index (κ1) is 25.5. The van der Waals surface area contributed by atoms with Gasteiger partial charge in [0.05, 0.1) is 29.9 Å². The van der Waals surface area contributed by atoms with Crippen molar-refractivity contribution < 1.29 is 24.0 Å². The van der Waals surface area contributed by atoms with Crippen molar-refractivity contribution >= 4 is 23.2 Å². The number of amides is 2. The number of nitrogens with one attached hydrogen (secondary N) is 2. The molecule has 1 aliphatic rings. The molecule has 1 aromatic carbocycles. The Morgan fingerprint density at radius 3 is 2.53 bits per heavy atom. The molecule has 0 saturated carbocycles. The molecular formula is C22H34N4O6. The molecule has 0 aromatic heterocycles. The van der Waals surface area contributed by atoms with Crippen molar-refractivity contribution in [1.82, 2.24) is 10.2 Å². The number of nitrogens with zero attached hydrogens (tertiary/aromatic N) is 2. The lowest BCUT2D eigenvalue weighted by molar-refractivity contribution is -0.384. The van der Waals surface area contributed by atoms with Crippen molar-refractivity contribution in [1.29, 1.82) is 0 Å². The van der Waals surface area contributed by atoms with Crippen molar-refractivity contribution in [2.45, 2.75) is 52.2 Å². The fourth-order valence-corrected chi connectivity index (χ4v) is 3.61. The van der Waals surface area contributed by atoms with E-state index in [1.54, 1.807) is 6.92 Å². The topological polar surface area (TPSA) is 123 Å². The van der Waals surface area contributed by atoms with E-state index in [0.29, 0.717) is 44.8 Å². The third-order valence-electron chi connectivity index (χ3n) is 5.55. The SMILES string of the molecule is COc1ccc([N+](=O)[O-])cc1NC(=O)C(C)N1CCC(C(=O)NCCCOC(C)C)CC1. The third-order valence-corrected chi connectivity index (χ3v) is 5.55. The Labute approximate surface area is 188 Å². The summed E-state index contributed by atoms with van der Waals surface area (Å²) in [7, 11) is 1.44. The quantitative estimate of drug-likeness (QED) is 0.302. The van der Waals surface area contributed by atoms with Crippen LogP contribution in [0.15, 0.2) is 18.2 Å². The Morgan fingerprint density at radius 1 is 1.25 bits per heavy atom. The lowest BCUT2D eigenvalue weighted by atomic mass is 9.95. The Kier molecular flexibility index (Phi) is 9.86. The van der Waals surface area contributed by atoms with Crippen LogP contribution in [-0.4, -0.2) is 67.1 Å². The predicted octanol–water partition coefficient (Wildman–Crippen LogP) is 2.57. The Balaban J connectivity index is 1.82. The van der Waals surface area contributed by atoms with Crippen LogP contribution < -0.4 is 15.4 Å². The average molecular weight is 451 g/mol. The van der Waals surface area contributed by atoms with E-state index in [1.807, 2.05) is 18.7 Å². The number of hydrogen-bond donors (Lipinski definition) is 2. The summed E-state index contributed by atoms with van der Waals surface area (Å²) in [6.45, 7) is 8.20. The highest BCUT2D eigenvalue weighted by Gasteiger charge is 2.30. The highest BCUT2D eigenvalue weighted by Crippen LogP contribution is 2.29. The van der Waals surface area contributed by atoms with Gasteiger partial charge in [-0.3, -0.25) is 24.6 Å². The predicted molar refractivity (Wildman–Crippen MR) is 121 cm³/mol. The van der Waals surface area contributed by atoms with Crippen molar-refractivity contribution in [3.63, 3.8) is 0 Å². The molecule has 178 valence electrons. The van der Waals surface area contributed by atoms with E-state index >= 15 is 0 Å². The molecule has 32 heavy (non-hydrogen) atoms. The molecule has 1 saturated heterocycles. The van der Waals surface area contributed by atoms with Crippen LogP contribution in [-0.2, 0) is 14.3 Å². The molecule has 1 aliphatic heterocycles. The van der Waals surface area contributed by atoms with E-state index in [1.165, 1.54) is 25.3 Å². The Bertz CT molecular complexity index is 793. The second-order valence-corrected chi connectivity index (χ2v) is 8.18. The van der Waals surface area contributed by atoms with Gasteiger partial charge in [-0.15, -0.1) is 0 Å². The number of methoxy groups -OCH3 is 1. The van der Waals surface area contributed by atoms with Crippen LogP contribution in [0.1, 0.15) is 40.0 Å². The summed E-state index contributed by atoms with van der Waals surface area (Å²) in [6.07, 6.45) is 2.31. The Hall–Kier alpha value is -2.72. The number of non-ortho nitro benzene ring substituents is 1. The van der Waals surface area contributed by atoms with Crippen LogP contribution in [0.25, 0.3) is 0 Å². The zero-order valence-electron chi connectivity index (χ0n) is 19.3. The maximum atomic E-state index is 12.8. The maximum absolute atomic E-state index is 12.8. The number of nitro benzene ring substituents is 1. The van der Waals surface area contributed by atoms with Crippen LogP contribution in [0.5, 0.6) is 5.75 Å². The molecule has 2 N–H and O–H groups in total. The molecule has 0 radical (unpaired) electrons. The fraction of sp³-hybridized carbons (Fsp3) is 0.636. The highest BCUT2D eigenvalue weighted by atomic mass is 16.6. The second kappa shape index (κ2) is 12.4. The van der Waals surface area contributed by atoms with Gasteiger partial charge >= 0.3 is 0 Å². The van der Waals surface area contributed by atoms with Crippen LogP contribution >= 0.6 is 0 Å². The fourth-order valence-electron chi connectivity index (χ4n) is 3.61. The maximum Gasteiger partial charge on any atom is 0.271 e. The molecule has 10 nitrogen and oxygen atoms in total. The van der Waals surface area contributed by atoms with Crippen LogP contribution in [0, 0.1) is 16.0 Å². The minimum atomic E-state index is -0.522. The van der Waals surface area contributed by atoms with Crippen molar-refractivity contribution in [3.8, 4) is 5.75 Å². The summed E-state index contributed by atoms with van der Waals surface area (Å²) in [5.41, 5.74) is 0.130. The number of benzene rings is 1. The van der Waals surface area contributed by atoms with Crippen LogP contribution in [0.4, 0.5) is 11.4 Å². The monoisotopic (exact) mass is 450 g/mol. The molecule has 1 fully saturated rings. The highest BCUT2D eigenvalue weighted by molar-refractivity contribution is 5.96. The number of ether oxygens (including phenoxy) is 2. The number of likely N-dealkylation sites (tertiary alicyclic amines) is 1. The number of carbonyl (C=O) groups is 2. The van der Waals surface area contributed by atoms with E-state index < -0.39 is 11.0 Å². The summed E-state index contributed by atoms with van der Waals surface area (Å²) >= 11 is 0. The van der Waals surface area contributed by atoms with E-state index in [0.717, 1.165) is 6.42 Å². The average Bonchev–Trinajstić information content (AvgIpc) is 2.77. The van der Waals surface area contributed by atoms with Gasteiger partial charge in [0.25, 0.3) is 5.69 Å². The molecule has 1 aromatic rings. The smallest absolute Gasteiger partial charge is 0.271 e. The lowest BCUT2D eigenvalue weighted by Gasteiger charge is -2.34. The van der Waals surface area contributed by atoms with Crippen molar-refractivity contribution in [3.05, 3.63) is 28.3 Å². The molecule has 1 unspecified atom stereocenters. The van der Waals surface area contributed by atoms with Crippen molar-refractivity contribution in [2.24, 2.45) is 5.92 Å². The van der Waals surface area contributed by atoms with E-state index in [-0.39, 0.29) is 35.2 Å². The first-order valence-corrected chi connectivity index (χ1v) is 11.0. The Morgan fingerprint density at radius 2 is 1.94 bits per heavy atom. The number of carbonyl (C=O) groups excluding carboxylic acids is 2. The molecule has 0 aliphatic carbocycles. The summed E-state index contributed by atoms with van der Waals surface area (Å²) in [6, 6.07) is 3.62. The number of hydrogen-bond acceptors (Lipinski definition) is 7. The third kappa shape index (κ3) is 7.45. The van der Waals surface area contributed by atoms with E-state index in [4.69, 9.17) is 9.47 Å². The molecular weight excluding hydrogens is 416 g/mol. The lowest BCUT2D eigenvalue weighted by Crippen LogP contribution is -2.48. The molecule has 2 amide bonds. The largest absolute Gasteiger partial charge is 0.495 e. The van der Waals surface area contributed by atoms with Gasteiger partial charge in [-0.25, -0.2) is 0 Å². The molecule has 10 heteroatoms. The zero-order valence-corrected chi connectivity index (χ0v) is 19.3. The second-order valence-electron chi connectivity index (χ2n) is 8.18. The van der Waals surface area contributed by atoms with Crippen molar-refractivity contribution in [2.75, 3.05) is 38.7 Å². The molecule has 0 bridgehead atoms. The van der Waals surface area contributed by atoms with E-state index in [9.17, 15) is 19.7 Å². The van der Waals surface area contributed by atoms with Gasteiger partial charge in [0.1, 0.15) is 5.75 Å². The van der Waals surface area contributed by atoms with Gasteiger partial charge in [0.2, 0.25) is 11.8 Å². The minimum Gasteiger partial charge on any atom is -0.495 e. The standard InChI is InChI=1S/C22H34N4O6/c1-15(2)32-13-5-10-23-22(28)17-8-11-25(12-9-17)16(3)21(27)24-19-14-18(26(29)30)6-7-20(19)31-4/h6-7,14-17H,5,8-13H2,1-4H3,(H,23,28)(H,24,27). The molecule has 0 spiro atoms. The van der Waals surface area contributed by atoms with E-state index in [2.05, 4.69) is 10.6 Å². The number of piperidine rings is 1. The number of anilines is 1. The molecule has 1 atom stereocenters. The number of rotatable bonds is 11. The minimum absolute atomic E-state index is 0.0487. The number of nitro groups is 1. The summed E-state index contributed by atoms with van der Waals surface area (Å²) < 4.78 is 10.7. The van der Waals surface area contributed by atoms with Gasteiger partial charge in [0, 0.05) is 31.2 Å². The molecule has 1 heterocycles. The first-order chi connectivity index (χ1) is 15.2. The molecule has 2 rings (SSSR count). The zero-order chi connectivity index (χ0) is 23.7. The normalized spacial score (nSPS) is 15.9.